The van der Waals surface area contributed by atoms with Crippen molar-refractivity contribution in [3.05, 3.63) is 35.4 Å². The SMILES string of the molecule is CC[C@H](C)[C@@H]1NC2(CCN(C(=O)C3CCCC3)CC2)N(Cc2cccc(C(F)(F)F)c2)C1=O. The van der Waals surface area contributed by atoms with Gasteiger partial charge in [0, 0.05) is 38.4 Å². The molecule has 1 spiro atoms. The average molecular weight is 466 g/mol. The largest absolute Gasteiger partial charge is 0.416 e. The van der Waals surface area contributed by atoms with Gasteiger partial charge in [-0.15, -0.1) is 0 Å². The number of hydrogen-bond donors (Lipinski definition) is 1. The molecule has 5 nitrogen and oxygen atoms in total. The van der Waals surface area contributed by atoms with Crippen LogP contribution >= 0.6 is 0 Å². The normalized spacial score (nSPS) is 24.6. The second-order valence-corrected chi connectivity index (χ2v) is 9.97. The van der Waals surface area contributed by atoms with Gasteiger partial charge in [0.1, 0.15) is 0 Å². The lowest BCUT2D eigenvalue weighted by Gasteiger charge is -2.45. The molecule has 0 unspecified atom stereocenters. The van der Waals surface area contributed by atoms with E-state index >= 15 is 0 Å². The van der Waals surface area contributed by atoms with E-state index in [1.807, 2.05) is 18.7 Å². The van der Waals surface area contributed by atoms with E-state index in [1.54, 1.807) is 11.0 Å². The quantitative estimate of drug-likeness (QED) is 0.694. The third-order valence-electron chi connectivity index (χ3n) is 7.89. The Hall–Kier alpha value is -2.09. The first-order chi connectivity index (χ1) is 15.6. The molecule has 1 aromatic rings. The molecular weight excluding hydrogens is 431 g/mol. The van der Waals surface area contributed by atoms with Crippen molar-refractivity contribution in [1.29, 1.82) is 0 Å². The predicted molar refractivity (Wildman–Crippen MR) is 119 cm³/mol. The minimum Gasteiger partial charge on any atom is -0.342 e. The first-order valence-electron chi connectivity index (χ1n) is 12.2. The molecule has 1 aliphatic carbocycles. The highest BCUT2D eigenvalue weighted by Crippen LogP contribution is 2.38. The number of rotatable bonds is 5. The molecule has 3 fully saturated rings. The van der Waals surface area contributed by atoms with E-state index in [1.165, 1.54) is 6.07 Å². The molecule has 182 valence electrons. The molecule has 0 aromatic heterocycles. The van der Waals surface area contributed by atoms with Crippen molar-refractivity contribution in [2.75, 3.05) is 13.1 Å². The lowest BCUT2D eigenvalue weighted by Crippen LogP contribution is -2.59. The monoisotopic (exact) mass is 465 g/mol. The fourth-order valence-corrected chi connectivity index (χ4v) is 5.63. The van der Waals surface area contributed by atoms with Gasteiger partial charge in [-0.25, -0.2) is 0 Å². The maximum Gasteiger partial charge on any atom is 0.416 e. The molecule has 0 bridgehead atoms. The van der Waals surface area contributed by atoms with Crippen LogP contribution in [0.3, 0.4) is 0 Å². The van der Waals surface area contributed by atoms with E-state index in [9.17, 15) is 22.8 Å². The summed E-state index contributed by atoms with van der Waals surface area (Å²) in [4.78, 5) is 30.0. The van der Waals surface area contributed by atoms with Crippen molar-refractivity contribution in [3.63, 3.8) is 0 Å². The van der Waals surface area contributed by atoms with Crippen LogP contribution in [0.1, 0.15) is 69.9 Å². The summed E-state index contributed by atoms with van der Waals surface area (Å²) >= 11 is 0. The topological polar surface area (TPSA) is 52.7 Å². The Kier molecular flexibility index (Phi) is 6.76. The minimum absolute atomic E-state index is 0.0580. The smallest absolute Gasteiger partial charge is 0.342 e. The van der Waals surface area contributed by atoms with Crippen LogP contribution in [-0.4, -0.2) is 46.4 Å². The van der Waals surface area contributed by atoms with Gasteiger partial charge in [-0.1, -0.05) is 45.2 Å². The number of piperidine rings is 1. The second kappa shape index (κ2) is 9.28. The van der Waals surface area contributed by atoms with Crippen molar-refractivity contribution < 1.29 is 22.8 Å². The summed E-state index contributed by atoms with van der Waals surface area (Å²) < 4.78 is 39.7. The number of amides is 2. The van der Waals surface area contributed by atoms with E-state index in [2.05, 4.69) is 5.32 Å². The summed E-state index contributed by atoms with van der Waals surface area (Å²) in [5.74, 6) is 0.386. The van der Waals surface area contributed by atoms with Gasteiger partial charge in [-0.2, -0.15) is 13.2 Å². The molecule has 33 heavy (non-hydrogen) atoms. The summed E-state index contributed by atoms with van der Waals surface area (Å²) in [6, 6.07) is 4.87. The molecule has 0 radical (unpaired) electrons. The molecule has 1 aromatic carbocycles. The standard InChI is InChI=1S/C25H34F3N3O2/c1-3-17(2)21-23(33)31(16-18-7-6-10-20(15-18)25(26,27)28)24(29-21)11-13-30(14-12-24)22(32)19-8-4-5-9-19/h6-7,10,15,17,19,21,29H,3-5,8-9,11-14,16H2,1-2H3/t17-,21-/m0/s1. The number of carbonyl (C=O) groups excluding carboxylic acids is 2. The van der Waals surface area contributed by atoms with Gasteiger partial charge < -0.3 is 9.80 Å². The van der Waals surface area contributed by atoms with E-state index in [-0.39, 0.29) is 36.2 Å². The lowest BCUT2D eigenvalue weighted by molar-refractivity contribution is -0.140. The van der Waals surface area contributed by atoms with E-state index in [0.717, 1.165) is 44.2 Å². The first kappa shape index (κ1) is 24.0. The highest BCUT2D eigenvalue weighted by molar-refractivity contribution is 5.85. The van der Waals surface area contributed by atoms with E-state index < -0.39 is 17.4 Å². The number of halogens is 3. The van der Waals surface area contributed by atoms with Crippen LogP contribution in [-0.2, 0) is 22.3 Å². The molecule has 2 atom stereocenters. The van der Waals surface area contributed by atoms with Crippen molar-refractivity contribution in [1.82, 2.24) is 15.1 Å². The first-order valence-corrected chi connectivity index (χ1v) is 12.2. The number of nitrogens with one attached hydrogen (secondary N) is 1. The molecule has 8 heteroatoms. The number of alkyl halides is 3. The van der Waals surface area contributed by atoms with Crippen molar-refractivity contribution in [2.24, 2.45) is 11.8 Å². The number of nitrogens with zero attached hydrogens (tertiary/aromatic N) is 2. The molecule has 2 amide bonds. The Morgan fingerprint density at radius 3 is 2.48 bits per heavy atom. The Balaban J connectivity index is 1.55. The van der Waals surface area contributed by atoms with Gasteiger partial charge in [-0.3, -0.25) is 14.9 Å². The summed E-state index contributed by atoms with van der Waals surface area (Å²) in [6.07, 6.45) is 1.68. The Bertz CT molecular complexity index is 874. The van der Waals surface area contributed by atoms with Gasteiger partial charge >= 0.3 is 6.18 Å². The van der Waals surface area contributed by atoms with Crippen LogP contribution < -0.4 is 5.32 Å². The van der Waals surface area contributed by atoms with Crippen LogP contribution in [0.2, 0.25) is 0 Å². The summed E-state index contributed by atoms with van der Waals surface area (Å²) in [5, 5.41) is 3.57. The van der Waals surface area contributed by atoms with E-state index in [0.29, 0.717) is 31.5 Å². The number of hydrogen-bond acceptors (Lipinski definition) is 3. The predicted octanol–water partition coefficient (Wildman–Crippen LogP) is 4.56. The van der Waals surface area contributed by atoms with Gasteiger partial charge in [0.15, 0.2) is 0 Å². The molecule has 1 N–H and O–H groups in total. The molecule has 2 heterocycles. The molecule has 4 rings (SSSR count). The maximum atomic E-state index is 13.5. The zero-order valence-corrected chi connectivity index (χ0v) is 19.5. The van der Waals surface area contributed by atoms with Gasteiger partial charge in [-0.05, 0) is 36.5 Å². The third-order valence-corrected chi connectivity index (χ3v) is 7.89. The Morgan fingerprint density at radius 1 is 1.21 bits per heavy atom. The second-order valence-electron chi connectivity index (χ2n) is 9.97. The Labute approximate surface area is 193 Å². The number of carbonyl (C=O) groups is 2. The third kappa shape index (κ3) is 4.77. The molecule has 2 saturated heterocycles. The zero-order chi connectivity index (χ0) is 23.8. The van der Waals surface area contributed by atoms with Crippen LogP contribution in [0.15, 0.2) is 24.3 Å². The summed E-state index contributed by atoms with van der Waals surface area (Å²) in [6.45, 7) is 5.30. The lowest BCUT2D eigenvalue weighted by atomic mass is 9.93. The van der Waals surface area contributed by atoms with Crippen molar-refractivity contribution >= 4 is 11.8 Å². The summed E-state index contributed by atoms with van der Waals surface area (Å²) in [7, 11) is 0. The fraction of sp³-hybridized carbons (Fsp3) is 0.680. The van der Waals surface area contributed by atoms with Crippen LogP contribution in [0.4, 0.5) is 13.2 Å². The average Bonchev–Trinajstić information content (AvgIpc) is 3.42. The van der Waals surface area contributed by atoms with Gasteiger partial charge in [0.05, 0.1) is 17.3 Å². The van der Waals surface area contributed by atoms with Gasteiger partial charge in [0.25, 0.3) is 0 Å². The van der Waals surface area contributed by atoms with Crippen LogP contribution in [0.5, 0.6) is 0 Å². The molecule has 1 saturated carbocycles. The zero-order valence-electron chi connectivity index (χ0n) is 19.5. The summed E-state index contributed by atoms with van der Waals surface area (Å²) in [5.41, 5.74) is -0.871. The highest BCUT2D eigenvalue weighted by atomic mass is 19.4. The molecule has 2 aliphatic heterocycles. The molecule has 3 aliphatic rings. The Morgan fingerprint density at radius 2 is 1.88 bits per heavy atom. The number of likely N-dealkylation sites (tertiary alicyclic amines) is 1. The minimum atomic E-state index is -4.42. The van der Waals surface area contributed by atoms with Crippen LogP contribution in [0.25, 0.3) is 0 Å². The maximum absolute atomic E-state index is 13.5. The molecular formula is C25H34F3N3O2. The van der Waals surface area contributed by atoms with Crippen molar-refractivity contribution in [3.8, 4) is 0 Å². The van der Waals surface area contributed by atoms with E-state index in [4.69, 9.17) is 0 Å². The van der Waals surface area contributed by atoms with Crippen molar-refractivity contribution in [2.45, 2.75) is 83.2 Å². The fourth-order valence-electron chi connectivity index (χ4n) is 5.63. The van der Waals surface area contributed by atoms with Gasteiger partial charge in [0.2, 0.25) is 11.8 Å². The highest BCUT2D eigenvalue weighted by Gasteiger charge is 2.53. The van der Waals surface area contributed by atoms with Crippen LogP contribution in [0, 0.1) is 11.8 Å². The number of benzene rings is 1.